The zero-order chi connectivity index (χ0) is 15.2. The first-order chi connectivity index (χ1) is 10.1. The van der Waals surface area contributed by atoms with Crippen molar-refractivity contribution < 1.29 is 10.2 Å². The fourth-order valence-corrected chi connectivity index (χ4v) is 3.26. The van der Waals surface area contributed by atoms with Gasteiger partial charge in [-0.1, -0.05) is 37.3 Å². The van der Waals surface area contributed by atoms with E-state index in [9.17, 15) is 10.2 Å². The highest BCUT2D eigenvalue weighted by atomic mass is 35.5. The summed E-state index contributed by atoms with van der Waals surface area (Å²) in [6, 6.07) is 11.9. The van der Waals surface area contributed by atoms with Gasteiger partial charge in [0.25, 0.3) is 0 Å². The van der Waals surface area contributed by atoms with Gasteiger partial charge in [0.2, 0.25) is 0 Å². The lowest BCUT2D eigenvalue weighted by atomic mass is 10.0. The summed E-state index contributed by atoms with van der Waals surface area (Å²) in [7, 11) is 0. The lowest BCUT2D eigenvalue weighted by Gasteiger charge is -2.23. The second-order valence-electron chi connectivity index (χ2n) is 5.48. The highest BCUT2D eigenvalue weighted by molar-refractivity contribution is 7.10. The standard InChI is InChI=1S/C17H23NO2S.ClH/c1-12-8-16(21-11-12)17(20)15(10-19)18-9-13(2)14-6-4-3-5-7-14;/h3-8,11,13,15,17-20H,9-10H2,1-2H3;1H/t13?,15-,17-;/m0./s1. The molecule has 0 aliphatic heterocycles. The summed E-state index contributed by atoms with van der Waals surface area (Å²) in [5.41, 5.74) is 2.39. The number of hydrogen-bond donors (Lipinski definition) is 3. The molecule has 2 rings (SSSR count). The van der Waals surface area contributed by atoms with E-state index < -0.39 is 6.10 Å². The number of aliphatic hydroxyl groups is 2. The number of aryl methyl sites for hydroxylation is 1. The van der Waals surface area contributed by atoms with Gasteiger partial charge in [-0.25, -0.2) is 0 Å². The molecule has 2 aromatic rings. The molecule has 5 heteroatoms. The number of benzene rings is 1. The van der Waals surface area contributed by atoms with Gasteiger partial charge in [-0.3, -0.25) is 0 Å². The Labute approximate surface area is 142 Å². The molecule has 0 bridgehead atoms. The number of rotatable bonds is 7. The first kappa shape index (κ1) is 19.1. The largest absolute Gasteiger partial charge is 0.395 e. The van der Waals surface area contributed by atoms with Crippen LogP contribution in [0.5, 0.6) is 0 Å². The topological polar surface area (TPSA) is 52.5 Å². The minimum atomic E-state index is -0.670. The SMILES string of the molecule is Cc1csc([C@@H](O)[C@H](CO)NCC(C)c2ccccc2)c1.Cl. The van der Waals surface area contributed by atoms with Crippen molar-refractivity contribution in [3.63, 3.8) is 0 Å². The van der Waals surface area contributed by atoms with Crippen LogP contribution in [0.3, 0.4) is 0 Å². The molecule has 0 spiro atoms. The number of thiophene rings is 1. The van der Waals surface area contributed by atoms with Crippen molar-refractivity contribution in [2.45, 2.75) is 31.9 Å². The minimum absolute atomic E-state index is 0. The van der Waals surface area contributed by atoms with Crippen LogP contribution in [0.25, 0.3) is 0 Å². The quantitative estimate of drug-likeness (QED) is 0.724. The Kier molecular flexibility index (Phi) is 8.07. The summed E-state index contributed by atoms with van der Waals surface area (Å²) in [5, 5.41) is 25.2. The van der Waals surface area contributed by atoms with Crippen LogP contribution in [0.2, 0.25) is 0 Å². The third-order valence-electron chi connectivity index (χ3n) is 3.67. The van der Waals surface area contributed by atoms with E-state index >= 15 is 0 Å². The van der Waals surface area contributed by atoms with Gasteiger partial charge >= 0.3 is 0 Å². The van der Waals surface area contributed by atoms with E-state index in [2.05, 4.69) is 24.4 Å². The molecule has 0 fully saturated rings. The van der Waals surface area contributed by atoms with Crippen LogP contribution < -0.4 is 5.32 Å². The Morgan fingerprint density at radius 3 is 2.45 bits per heavy atom. The Morgan fingerprint density at radius 2 is 1.91 bits per heavy atom. The first-order valence-corrected chi connectivity index (χ1v) is 8.12. The maximum atomic E-state index is 10.4. The predicted molar refractivity (Wildman–Crippen MR) is 95.0 cm³/mol. The van der Waals surface area contributed by atoms with E-state index in [4.69, 9.17) is 0 Å². The summed E-state index contributed by atoms with van der Waals surface area (Å²) in [6.07, 6.45) is -0.670. The number of halogens is 1. The lowest BCUT2D eigenvalue weighted by molar-refractivity contribution is 0.0921. The van der Waals surface area contributed by atoms with Crippen molar-refractivity contribution in [3.8, 4) is 0 Å². The molecule has 1 aromatic heterocycles. The van der Waals surface area contributed by atoms with Crippen LogP contribution in [0.1, 0.15) is 34.9 Å². The molecule has 0 saturated carbocycles. The normalized spacial score (nSPS) is 14.9. The highest BCUT2D eigenvalue weighted by Gasteiger charge is 2.21. The van der Waals surface area contributed by atoms with Crippen molar-refractivity contribution in [3.05, 3.63) is 57.8 Å². The zero-order valence-corrected chi connectivity index (χ0v) is 14.5. The molecule has 0 radical (unpaired) electrons. The average Bonchev–Trinajstić information content (AvgIpc) is 2.95. The average molecular weight is 342 g/mol. The third kappa shape index (κ3) is 5.07. The third-order valence-corrected chi connectivity index (χ3v) is 4.80. The Balaban J connectivity index is 0.00000242. The predicted octanol–water partition coefficient (Wildman–Crippen LogP) is 3.27. The summed E-state index contributed by atoms with van der Waals surface area (Å²) in [6.45, 7) is 4.78. The zero-order valence-electron chi connectivity index (χ0n) is 12.9. The van der Waals surface area contributed by atoms with Crippen molar-refractivity contribution in [2.75, 3.05) is 13.2 Å². The molecule has 3 atom stereocenters. The molecule has 122 valence electrons. The summed E-state index contributed by atoms with van der Waals surface area (Å²) in [5.74, 6) is 0.331. The molecule has 0 saturated heterocycles. The molecular formula is C17H24ClNO2S. The number of hydrogen-bond acceptors (Lipinski definition) is 4. The first-order valence-electron chi connectivity index (χ1n) is 7.24. The van der Waals surface area contributed by atoms with Gasteiger partial charge in [0, 0.05) is 11.4 Å². The fraction of sp³-hybridized carbons (Fsp3) is 0.412. The van der Waals surface area contributed by atoms with E-state index in [0.29, 0.717) is 5.92 Å². The van der Waals surface area contributed by atoms with Gasteiger partial charge in [0.1, 0.15) is 6.10 Å². The minimum Gasteiger partial charge on any atom is -0.395 e. The van der Waals surface area contributed by atoms with Gasteiger partial charge in [-0.2, -0.15) is 0 Å². The van der Waals surface area contributed by atoms with E-state index in [0.717, 1.165) is 17.0 Å². The van der Waals surface area contributed by atoms with Crippen molar-refractivity contribution in [1.29, 1.82) is 0 Å². The summed E-state index contributed by atoms with van der Waals surface area (Å²) < 4.78 is 0. The maximum absolute atomic E-state index is 10.4. The highest BCUT2D eigenvalue weighted by Crippen LogP contribution is 2.24. The van der Waals surface area contributed by atoms with Gasteiger partial charge in [0.05, 0.1) is 12.6 Å². The Bertz CT molecular complexity index is 547. The van der Waals surface area contributed by atoms with Gasteiger partial charge in [-0.05, 0) is 35.4 Å². The lowest BCUT2D eigenvalue weighted by Crippen LogP contribution is -2.39. The van der Waals surface area contributed by atoms with Crippen LogP contribution in [-0.2, 0) is 0 Å². The van der Waals surface area contributed by atoms with Gasteiger partial charge in [0.15, 0.2) is 0 Å². The van der Waals surface area contributed by atoms with Crippen LogP contribution in [0, 0.1) is 6.92 Å². The molecule has 3 N–H and O–H groups in total. The Morgan fingerprint density at radius 1 is 1.23 bits per heavy atom. The van der Waals surface area contributed by atoms with Crippen molar-refractivity contribution >= 4 is 23.7 Å². The summed E-state index contributed by atoms with van der Waals surface area (Å²) >= 11 is 1.53. The second kappa shape index (κ2) is 9.28. The monoisotopic (exact) mass is 341 g/mol. The maximum Gasteiger partial charge on any atom is 0.106 e. The van der Waals surface area contributed by atoms with E-state index in [-0.39, 0.29) is 25.1 Å². The van der Waals surface area contributed by atoms with E-state index in [1.165, 1.54) is 16.9 Å². The molecule has 0 aliphatic carbocycles. The molecule has 1 heterocycles. The molecule has 1 unspecified atom stereocenters. The van der Waals surface area contributed by atoms with Crippen molar-refractivity contribution in [2.24, 2.45) is 0 Å². The van der Waals surface area contributed by atoms with E-state index in [1.807, 2.05) is 36.6 Å². The number of aliphatic hydroxyl groups excluding tert-OH is 2. The smallest absolute Gasteiger partial charge is 0.106 e. The molecule has 0 amide bonds. The number of nitrogens with one attached hydrogen (secondary N) is 1. The Hall–Kier alpha value is -0.910. The second-order valence-corrected chi connectivity index (χ2v) is 6.42. The molecule has 3 nitrogen and oxygen atoms in total. The van der Waals surface area contributed by atoms with Gasteiger partial charge < -0.3 is 15.5 Å². The van der Waals surface area contributed by atoms with Gasteiger partial charge in [-0.15, -0.1) is 23.7 Å². The van der Waals surface area contributed by atoms with Crippen LogP contribution in [-0.4, -0.2) is 29.4 Å². The fourth-order valence-electron chi connectivity index (χ4n) is 2.31. The van der Waals surface area contributed by atoms with Crippen LogP contribution in [0.15, 0.2) is 41.8 Å². The van der Waals surface area contributed by atoms with Crippen molar-refractivity contribution in [1.82, 2.24) is 5.32 Å². The van der Waals surface area contributed by atoms with Crippen LogP contribution in [0.4, 0.5) is 0 Å². The molecule has 0 aliphatic rings. The van der Waals surface area contributed by atoms with E-state index in [1.54, 1.807) is 0 Å². The molecule has 22 heavy (non-hydrogen) atoms. The summed E-state index contributed by atoms with van der Waals surface area (Å²) in [4.78, 5) is 0.895. The van der Waals surface area contributed by atoms with Crippen LogP contribution >= 0.6 is 23.7 Å². The molecule has 1 aromatic carbocycles. The molecular weight excluding hydrogens is 318 g/mol.